The molecule has 3 rings (SSSR count). The summed E-state index contributed by atoms with van der Waals surface area (Å²) in [5.74, 6) is -2.22. The van der Waals surface area contributed by atoms with Crippen LogP contribution in [0.2, 0.25) is 0 Å². The lowest BCUT2D eigenvalue weighted by Gasteiger charge is -2.59. The maximum Gasteiger partial charge on any atom is 0.393 e. The second-order valence-corrected chi connectivity index (χ2v) is 5.66. The molecule has 0 spiro atoms. The lowest BCUT2D eigenvalue weighted by Crippen LogP contribution is -2.76. The average Bonchev–Trinajstić information content (AvgIpc) is 2.33. The lowest BCUT2D eigenvalue weighted by molar-refractivity contribution is -0.249. The van der Waals surface area contributed by atoms with E-state index < -0.39 is 35.4 Å². The number of carbonyl (C=O) groups is 1. The molecule has 2 bridgehead atoms. The van der Waals surface area contributed by atoms with Gasteiger partial charge in [0, 0.05) is 25.6 Å². The molecular formula is C12H18F3NO3. The SMILES string of the molecule is COC[C@@]1(CO)C(=O)[C@@]2(C)CCN1C[C@@H]2C(F)(F)F. The van der Waals surface area contributed by atoms with Gasteiger partial charge in [-0.2, -0.15) is 13.2 Å². The van der Waals surface area contributed by atoms with E-state index in [1.165, 1.54) is 18.9 Å². The molecule has 7 heteroatoms. The van der Waals surface area contributed by atoms with Crippen molar-refractivity contribution in [2.24, 2.45) is 11.3 Å². The number of halogens is 3. The molecule has 3 saturated heterocycles. The highest BCUT2D eigenvalue weighted by molar-refractivity contribution is 5.95. The van der Waals surface area contributed by atoms with Gasteiger partial charge in [0.05, 0.1) is 19.1 Å². The van der Waals surface area contributed by atoms with E-state index >= 15 is 0 Å². The Bertz CT molecular complexity index is 387. The van der Waals surface area contributed by atoms with Crippen LogP contribution in [0.4, 0.5) is 13.2 Å². The molecule has 0 aromatic heterocycles. The first-order valence-corrected chi connectivity index (χ1v) is 6.19. The Morgan fingerprint density at radius 3 is 2.63 bits per heavy atom. The monoisotopic (exact) mass is 281 g/mol. The van der Waals surface area contributed by atoms with Crippen LogP contribution in [0.3, 0.4) is 0 Å². The van der Waals surface area contributed by atoms with Gasteiger partial charge in [0.15, 0.2) is 5.78 Å². The van der Waals surface area contributed by atoms with E-state index in [0.717, 1.165) is 0 Å². The van der Waals surface area contributed by atoms with Crippen LogP contribution in [0.1, 0.15) is 13.3 Å². The highest BCUT2D eigenvalue weighted by Gasteiger charge is 2.67. The Morgan fingerprint density at radius 1 is 1.53 bits per heavy atom. The Hall–Kier alpha value is -0.660. The van der Waals surface area contributed by atoms with Crippen LogP contribution in [0.15, 0.2) is 0 Å². The van der Waals surface area contributed by atoms with Gasteiger partial charge < -0.3 is 9.84 Å². The molecule has 3 aliphatic rings. The number of methoxy groups -OCH3 is 1. The third-order valence-corrected chi connectivity index (χ3v) is 4.66. The summed E-state index contributed by atoms with van der Waals surface area (Å²) in [6.07, 6.45) is -4.24. The topological polar surface area (TPSA) is 49.8 Å². The Morgan fingerprint density at radius 2 is 2.16 bits per heavy atom. The number of carbonyl (C=O) groups excluding carboxylic acids is 1. The van der Waals surface area contributed by atoms with Crippen molar-refractivity contribution in [1.82, 2.24) is 4.90 Å². The van der Waals surface area contributed by atoms with Gasteiger partial charge in [-0.15, -0.1) is 0 Å². The van der Waals surface area contributed by atoms with Crippen molar-refractivity contribution >= 4 is 5.78 Å². The molecule has 0 saturated carbocycles. The van der Waals surface area contributed by atoms with Crippen LogP contribution < -0.4 is 0 Å². The van der Waals surface area contributed by atoms with Gasteiger partial charge >= 0.3 is 6.18 Å². The Labute approximate surface area is 109 Å². The molecule has 0 radical (unpaired) electrons. The fourth-order valence-electron chi connectivity index (χ4n) is 3.47. The molecule has 19 heavy (non-hydrogen) atoms. The number of fused-ring (bicyclic) bond motifs is 3. The summed E-state index contributed by atoms with van der Waals surface area (Å²) in [7, 11) is 1.37. The van der Waals surface area contributed by atoms with Crippen LogP contribution >= 0.6 is 0 Å². The Kier molecular flexibility index (Phi) is 3.43. The summed E-state index contributed by atoms with van der Waals surface area (Å²) in [5, 5.41) is 9.54. The van der Waals surface area contributed by atoms with Crippen LogP contribution in [-0.4, -0.2) is 60.9 Å². The third kappa shape index (κ3) is 1.90. The number of nitrogens with zero attached hydrogens (tertiary/aromatic N) is 1. The molecule has 3 aliphatic heterocycles. The number of aliphatic hydroxyl groups excluding tert-OH is 1. The van der Waals surface area contributed by atoms with E-state index in [2.05, 4.69) is 0 Å². The molecule has 0 aliphatic carbocycles. The number of rotatable bonds is 3. The van der Waals surface area contributed by atoms with Crippen molar-refractivity contribution in [3.63, 3.8) is 0 Å². The molecule has 0 aromatic carbocycles. The molecule has 4 nitrogen and oxygen atoms in total. The van der Waals surface area contributed by atoms with Crippen molar-refractivity contribution in [3.8, 4) is 0 Å². The summed E-state index contributed by atoms with van der Waals surface area (Å²) in [5.41, 5.74) is -2.78. The van der Waals surface area contributed by atoms with Crippen LogP contribution in [0.25, 0.3) is 0 Å². The molecular weight excluding hydrogens is 263 g/mol. The highest BCUT2D eigenvalue weighted by atomic mass is 19.4. The minimum atomic E-state index is -4.40. The first kappa shape index (κ1) is 14.7. The minimum Gasteiger partial charge on any atom is -0.394 e. The fourth-order valence-corrected chi connectivity index (χ4v) is 3.47. The van der Waals surface area contributed by atoms with Gasteiger partial charge in [-0.25, -0.2) is 0 Å². The van der Waals surface area contributed by atoms with Crippen molar-refractivity contribution < 1.29 is 27.8 Å². The summed E-state index contributed by atoms with van der Waals surface area (Å²) in [4.78, 5) is 14.0. The van der Waals surface area contributed by atoms with Gasteiger partial charge in [-0.1, -0.05) is 6.92 Å². The highest BCUT2D eigenvalue weighted by Crippen LogP contribution is 2.53. The molecule has 0 amide bonds. The predicted octanol–water partition coefficient (Wildman–Crippen LogP) is 0.837. The number of hydrogen-bond donors (Lipinski definition) is 1. The summed E-state index contributed by atoms with van der Waals surface area (Å²) in [6.45, 7) is 0.890. The second kappa shape index (κ2) is 4.43. The number of hydrogen-bond acceptors (Lipinski definition) is 4. The van der Waals surface area contributed by atoms with Crippen LogP contribution in [0.5, 0.6) is 0 Å². The molecule has 1 unspecified atom stereocenters. The zero-order chi connectivity index (χ0) is 14.5. The zero-order valence-electron chi connectivity index (χ0n) is 11.0. The quantitative estimate of drug-likeness (QED) is 0.833. The molecule has 3 fully saturated rings. The van der Waals surface area contributed by atoms with E-state index in [-0.39, 0.29) is 19.6 Å². The second-order valence-electron chi connectivity index (χ2n) is 5.66. The van der Waals surface area contributed by atoms with Crippen LogP contribution in [0, 0.1) is 11.3 Å². The normalized spacial score (nSPS) is 42.7. The van der Waals surface area contributed by atoms with Crippen molar-refractivity contribution in [1.29, 1.82) is 0 Å². The van der Waals surface area contributed by atoms with Gasteiger partial charge in [0.2, 0.25) is 0 Å². The maximum atomic E-state index is 13.1. The van der Waals surface area contributed by atoms with E-state index in [1.807, 2.05) is 0 Å². The number of aliphatic hydroxyl groups is 1. The molecule has 0 aromatic rings. The molecule has 110 valence electrons. The Balaban J connectivity index is 2.42. The third-order valence-electron chi connectivity index (χ3n) is 4.66. The largest absolute Gasteiger partial charge is 0.394 e. The first-order valence-electron chi connectivity index (χ1n) is 6.19. The average molecular weight is 281 g/mol. The molecule has 3 heterocycles. The van der Waals surface area contributed by atoms with Crippen molar-refractivity contribution in [3.05, 3.63) is 0 Å². The minimum absolute atomic E-state index is 0.0809. The number of ketones is 1. The first-order chi connectivity index (χ1) is 8.72. The van der Waals surface area contributed by atoms with E-state index in [4.69, 9.17) is 4.74 Å². The van der Waals surface area contributed by atoms with Gasteiger partial charge in [-0.05, 0) is 6.42 Å². The lowest BCUT2D eigenvalue weighted by atomic mass is 9.58. The fraction of sp³-hybridized carbons (Fsp3) is 0.917. The van der Waals surface area contributed by atoms with E-state index in [1.54, 1.807) is 0 Å². The number of Topliss-reactive ketones (excluding diaryl/α,β-unsaturated/α-hetero) is 1. The number of ether oxygens (including phenoxy) is 1. The van der Waals surface area contributed by atoms with Crippen molar-refractivity contribution in [2.45, 2.75) is 25.1 Å². The molecule has 1 N–H and O–H groups in total. The number of piperidine rings is 3. The number of alkyl halides is 3. The van der Waals surface area contributed by atoms with Crippen LogP contribution in [-0.2, 0) is 9.53 Å². The standard InChI is InChI=1S/C12H18F3NO3/c1-10-3-4-16(5-8(10)12(13,14)15)11(6-17,7-19-2)9(10)18/h8,17H,3-7H2,1-2H3/t8-,10-,11-/m0/s1. The van der Waals surface area contributed by atoms with Gasteiger partial charge in [-0.3, -0.25) is 9.69 Å². The summed E-state index contributed by atoms with van der Waals surface area (Å²) < 4.78 is 44.2. The van der Waals surface area contributed by atoms with E-state index in [0.29, 0.717) is 6.54 Å². The summed E-state index contributed by atoms with van der Waals surface area (Å²) in [6, 6.07) is 0. The zero-order valence-corrected chi connectivity index (χ0v) is 11.0. The summed E-state index contributed by atoms with van der Waals surface area (Å²) >= 11 is 0. The van der Waals surface area contributed by atoms with Gasteiger partial charge in [0.25, 0.3) is 0 Å². The van der Waals surface area contributed by atoms with Gasteiger partial charge in [0.1, 0.15) is 5.54 Å². The smallest absolute Gasteiger partial charge is 0.393 e. The predicted molar refractivity (Wildman–Crippen MR) is 60.5 cm³/mol. The van der Waals surface area contributed by atoms with E-state index in [9.17, 15) is 23.1 Å². The maximum absolute atomic E-state index is 13.1. The van der Waals surface area contributed by atoms with Crippen molar-refractivity contribution in [2.75, 3.05) is 33.4 Å². The molecule has 4 atom stereocenters.